The Morgan fingerprint density at radius 3 is 2.88 bits per heavy atom. The number of nitrogens with two attached hydrogens (primary N) is 1. The zero-order chi connectivity index (χ0) is 11.4. The number of thiazole rings is 1. The third kappa shape index (κ3) is 2.90. The molecule has 1 heterocycles. The van der Waals surface area contributed by atoms with Gasteiger partial charge in [-0.3, -0.25) is 0 Å². The van der Waals surface area contributed by atoms with Crippen LogP contribution in [0.25, 0.3) is 0 Å². The van der Waals surface area contributed by atoms with E-state index in [1.807, 2.05) is 12.3 Å². The topological polar surface area (TPSA) is 38.9 Å². The third-order valence-electron chi connectivity index (χ3n) is 2.29. The van der Waals surface area contributed by atoms with Gasteiger partial charge in [-0.05, 0) is 24.6 Å². The molecule has 0 atom stereocenters. The minimum absolute atomic E-state index is 0.691. The Morgan fingerprint density at radius 2 is 2.12 bits per heavy atom. The van der Waals surface area contributed by atoms with Crippen LogP contribution in [-0.4, -0.2) is 11.5 Å². The minimum atomic E-state index is 0.691. The molecule has 0 aliphatic heterocycles. The Labute approximate surface area is 108 Å². The van der Waals surface area contributed by atoms with E-state index in [0.29, 0.717) is 6.54 Å². The molecule has 1 aromatic carbocycles. The fourth-order valence-corrected chi connectivity index (χ4v) is 2.88. The van der Waals surface area contributed by atoms with E-state index in [-0.39, 0.29) is 0 Å². The van der Waals surface area contributed by atoms with Crippen molar-refractivity contribution in [3.05, 3.63) is 50.4 Å². The number of aromatic nitrogens is 1. The molecule has 0 fully saturated rings. The van der Waals surface area contributed by atoms with Gasteiger partial charge in [0, 0.05) is 22.0 Å². The van der Waals surface area contributed by atoms with Crippen LogP contribution >= 0.6 is 27.3 Å². The maximum absolute atomic E-state index is 5.52. The molecule has 0 unspecified atom stereocenters. The van der Waals surface area contributed by atoms with Crippen LogP contribution in [0.2, 0.25) is 0 Å². The molecule has 0 saturated heterocycles. The predicted molar refractivity (Wildman–Crippen MR) is 71.8 cm³/mol. The SMILES string of the molecule is NCCc1cnc(Cc2ccccc2Br)s1. The number of hydrogen-bond acceptors (Lipinski definition) is 3. The second-order valence-electron chi connectivity index (χ2n) is 3.53. The largest absolute Gasteiger partial charge is 0.330 e. The summed E-state index contributed by atoms with van der Waals surface area (Å²) < 4.78 is 1.14. The summed E-state index contributed by atoms with van der Waals surface area (Å²) in [4.78, 5) is 5.68. The molecule has 4 heteroatoms. The summed E-state index contributed by atoms with van der Waals surface area (Å²) in [6.45, 7) is 0.691. The average molecular weight is 297 g/mol. The van der Waals surface area contributed by atoms with Crippen molar-refractivity contribution in [3.63, 3.8) is 0 Å². The molecular weight excluding hydrogens is 284 g/mol. The summed E-state index contributed by atoms with van der Waals surface area (Å²) in [5.41, 5.74) is 6.79. The molecule has 2 aromatic rings. The molecule has 0 radical (unpaired) electrons. The van der Waals surface area contributed by atoms with Gasteiger partial charge < -0.3 is 5.73 Å². The molecular formula is C12H13BrN2S. The first-order valence-corrected chi connectivity index (χ1v) is 6.77. The van der Waals surface area contributed by atoms with Crippen molar-refractivity contribution >= 4 is 27.3 Å². The van der Waals surface area contributed by atoms with Crippen LogP contribution in [0.1, 0.15) is 15.4 Å². The summed E-state index contributed by atoms with van der Waals surface area (Å²) >= 11 is 5.30. The van der Waals surface area contributed by atoms with Gasteiger partial charge in [-0.15, -0.1) is 11.3 Å². The van der Waals surface area contributed by atoms with E-state index < -0.39 is 0 Å². The molecule has 1 aromatic heterocycles. The van der Waals surface area contributed by atoms with E-state index in [9.17, 15) is 0 Å². The molecule has 0 saturated carbocycles. The molecule has 0 spiro atoms. The van der Waals surface area contributed by atoms with Crippen molar-refractivity contribution in [1.29, 1.82) is 0 Å². The minimum Gasteiger partial charge on any atom is -0.330 e. The molecule has 2 N–H and O–H groups in total. The van der Waals surface area contributed by atoms with Crippen molar-refractivity contribution in [2.45, 2.75) is 12.8 Å². The van der Waals surface area contributed by atoms with Crippen LogP contribution in [0.5, 0.6) is 0 Å². The van der Waals surface area contributed by atoms with Crippen LogP contribution < -0.4 is 5.73 Å². The fourth-order valence-electron chi connectivity index (χ4n) is 1.49. The Morgan fingerprint density at radius 1 is 1.31 bits per heavy atom. The number of rotatable bonds is 4. The summed E-state index contributed by atoms with van der Waals surface area (Å²) in [5.74, 6) is 0. The third-order valence-corrected chi connectivity index (χ3v) is 4.12. The lowest BCUT2D eigenvalue weighted by Gasteiger charge is -2.00. The maximum Gasteiger partial charge on any atom is 0.0971 e. The van der Waals surface area contributed by atoms with Gasteiger partial charge in [0.25, 0.3) is 0 Å². The van der Waals surface area contributed by atoms with E-state index in [4.69, 9.17) is 5.73 Å². The number of halogens is 1. The molecule has 84 valence electrons. The summed E-state index contributed by atoms with van der Waals surface area (Å²) in [6.07, 6.45) is 3.74. The van der Waals surface area contributed by atoms with Crippen molar-refractivity contribution in [2.75, 3.05) is 6.54 Å². The van der Waals surface area contributed by atoms with Gasteiger partial charge in [-0.2, -0.15) is 0 Å². The van der Waals surface area contributed by atoms with Crippen LogP contribution in [0.3, 0.4) is 0 Å². The highest BCUT2D eigenvalue weighted by Crippen LogP contribution is 2.22. The van der Waals surface area contributed by atoms with Crippen molar-refractivity contribution in [1.82, 2.24) is 4.98 Å². The predicted octanol–water partition coefficient (Wildman–Crippen LogP) is 3.00. The van der Waals surface area contributed by atoms with Crippen LogP contribution in [0.15, 0.2) is 34.9 Å². The summed E-state index contributed by atoms with van der Waals surface area (Å²) in [7, 11) is 0. The number of hydrogen-bond donors (Lipinski definition) is 1. The molecule has 2 nitrogen and oxygen atoms in total. The fraction of sp³-hybridized carbons (Fsp3) is 0.250. The van der Waals surface area contributed by atoms with Gasteiger partial charge in [-0.1, -0.05) is 34.1 Å². The summed E-state index contributed by atoms with van der Waals surface area (Å²) in [5, 5.41) is 1.15. The second-order valence-corrected chi connectivity index (χ2v) is 5.58. The highest BCUT2D eigenvalue weighted by Gasteiger charge is 2.05. The Hall–Kier alpha value is -0.710. The molecule has 0 aliphatic rings. The highest BCUT2D eigenvalue weighted by atomic mass is 79.9. The Balaban J connectivity index is 2.11. The van der Waals surface area contributed by atoms with Gasteiger partial charge in [0.2, 0.25) is 0 Å². The van der Waals surface area contributed by atoms with Gasteiger partial charge in [-0.25, -0.2) is 4.98 Å². The van der Waals surface area contributed by atoms with E-state index >= 15 is 0 Å². The zero-order valence-corrected chi connectivity index (χ0v) is 11.2. The van der Waals surface area contributed by atoms with Gasteiger partial charge in [0.15, 0.2) is 0 Å². The van der Waals surface area contributed by atoms with Gasteiger partial charge >= 0.3 is 0 Å². The Bertz CT molecular complexity index is 468. The first-order chi connectivity index (χ1) is 7.79. The van der Waals surface area contributed by atoms with E-state index in [1.54, 1.807) is 11.3 Å². The van der Waals surface area contributed by atoms with Crippen LogP contribution in [0.4, 0.5) is 0 Å². The first kappa shape index (κ1) is 11.8. The van der Waals surface area contributed by atoms with E-state index in [2.05, 4.69) is 39.1 Å². The lowest BCUT2D eigenvalue weighted by atomic mass is 10.2. The van der Waals surface area contributed by atoms with E-state index in [1.165, 1.54) is 10.4 Å². The summed E-state index contributed by atoms with van der Waals surface area (Å²) in [6, 6.07) is 8.25. The quantitative estimate of drug-likeness (QED) is 0.942. The van der Waals surface area contributed by atoms with E-state index in [0.717, 1.165) is 22.3 Å². The highest BCUT2D eigenvalue weighted by molar-refractivity contribution is 9.10. The zero-order valence-electron chi connectivity index (χ0n) is 8.82. The average Bonchev–Trinajstić information content (AvgIpc) is 2.70. The van der Waals surface area contributed by atoms with Gasteiger partial charge in [0.1, 0.15) is 0 Å². The smallest absolute Gasteiger partial charge is 0.0971 e. The second kappa shape index (κ2) is 5.57. The normalized spacial score (nSPS) is 10.6. The molecule has 2 rings (SSSR count). The van der Waals surface area contributed by atoms with Gasteiger partial charge in [0.05, 0.1) is 5.01 Å². The molecule has 0 bridgehead atoms. The van der Waals surface area contributed by atoms with Crippen LogP contribution in [-0.2, 0) is 12.8 Å². The van der Waals surface area contributed by atoms with Crippen molar-refractivity contribution in [3.8, 4) is 0 Å². The lowest BCUT2D eigenvalue weighted by molar-refractivity contribution is 0.983. The monoisotopic (exact) mass is 296 g/mol. The standard InChI is InChI=1S/C12H13BrN2S/c13-11-4-2-1-3-9(11)7-12-15-8-10(16-12)5-6-14/h1-4,8H,5-7,14H2. The first-order valence-electron chi connectivity index (χ1n) is 5.16. The molecule has 0 amide bonds. The number of benzene rings is 1. The maximum atomic E-state index is 5.52. The van der Waals surface area contributed by atoms with Crippen molar-refractivity contribution < 1.29 is 0 Å². The van der Waals surface area contributed by atoms with Crippen LogP contribution in [0, 0.1) is 0 Å². The number of nitrogens with zero attached hydrogens (tertiary/aromatic N) is 1. The molecule has 0 aliphatic carbocycles. The molecule has 16 heavy (non-hydrogen) atoms. The lowest BCUT2D eigenvalue weighted by Crippen LogP contribution is -2.00. The van der Waals surface area contributed by atoms with Crippen molar-refractivity contribution in [2.24, 2.45) is 5.73 Å². The Kier molecular flexibility index (Phi) is 4.09.